The molecule has 0 unspecified atom stereocenters. The number of hydrogen-bond acceptors (Lipinski definition) is 2. The third-order valence-electron chi connectivity index (χ3n) is 3.29. The average molecular weight is 265 g/mol. The van der Waals surface area contributed by atoms with Gasteiger partial charge in [-0.3, -0.25) is 4.79 Å². The number of nitrogens with zero attached hydrogens (tertiary/aromatic N) is 1. The third-order valence-corrected chi connectivity index (χ3v) is 3.29. The molecular weight excluding hydrogens is 250 g/mol. The van der Waals surface area contributed by atoms with E-state index in [4.69, 9.17) is 0 Å². The molecule has 2 aromatic rings. The molecule has 1 aliphatic heterocycles. The highest BCUT2D eigenvalue weighted by Crippen LogP contribution is 2.19. The van der Waals surface area contributed by atoms with E-state index in [0.29, 0.717) is 11.3 Å². The number of aryl methyl sites for hydroxylation is 2. The zero-order valence-electron chi connectivity index (χ0n) is 11.4. The summed E-state index contributed by atoms with van der Waals surface area (Å²) in [4.78, 5) is 15.2. The van der Waals surface area contributed by atoms with E-state index in [1.54, 1.807) is 0 Å². The number of hydrazone groups is 1. The fraction of sp³-hybridized carbons (Fsp3) is 0.125. The van der Waals surface area contributed by atoms with Crippen LogP contribution in [0.3, 0.4) is 0 Å². The first-order chi connectivity index (χ1) is 9.65. The average Bonchev–Trinajstić information content (AvgIpc) is 2.95. The minimum absolute atomic E-state index is 0.171. The van der Waals surface area contributed by atoms with Crippen LogP contribution in [-0.2, 0) is 4.79 Å². The molecular formula is C16H15N3O. The second kappa shape index (κ2) is 4.81. The van der Waals surface area contributed by atoms with Crippen molar-refractivity contribution in [2.45, 2.75) is 13.8 Å². The van der Waals surface area contributed by atoms with Crippen LogP contribution in [-0.4, -0.2) is 16.6 Å². The summed E-state index contributed by atoms with van der Waals surface area (Å²) >= 11 is 0. The largest absolute Gasteiger partial charge is 0.359 e. The summed E-state index contributed by atoms with van der Waals surface area (Å²) in [5, 5.41) is 4.14. The van der Waals surface area contributed by atoms with Gasteiger partial charge in [-0.25, -0.2) is 5.43 Å². The summed E-state index contributed by atoms with van der Waals surface area (Å²) in [7, 11) is 0. The van der Waals surface area contributed by atoms with Crippen molar-refractivity contribution in [3.05, 3.63) is 64.5 Å². The van der Waals surface area contributed by atoms with Crippen LogP contribution >= 0.6 is 0 Å². The first kappa shape index (κ1) is 12.4. The van der Waals surface area contributed by atoms with Crippen LogP contribution in [0.25, 0.3) is 6.08 Å². The highest BCUT2D eigenvalue weighted by molar-refractivity contribution is 6.33. The SMILES string of the molecule is Cc1cc(C)c(/C=C2\C(=O)NN=C2c2ccccc2)[nH]1. The third kappa shape index (κ3) is 2.16. The quantitative estimate of drug-likeness (QED) is 0.805. The molecule has 0 atom stereocenters. The van der Waals surface area contributed by atoms with E-state index < -0.39 is 0 Å². The van der Waals surface area contributed by atoms with Gasteiger partial charge in [0.05, 0.1) is 5.57 Å². The second-order valence-electron chi connectivity index (χ2n) is 4.87. The maximum Gasteiger partial charge on any atom is 0.273 e. The highest BCUT2D eigenvalue weighted by atomic mass is 16.2. The fourth-order valence-electron chi connectivity index (χ4n) is 2.33. The van der Waals surface area contributed by atoms with Crippen molar-refractivity contribution in [2.75, 3.05) is 0 Å². The number of carbonyl (C=O) groups excluding carboxylic acids is 1. The van der Waals surface area contributed by atoms with Crippen molar-refractivity contribution in [1.29, 1.82) is 0 Å². The van der Waals surface area contributed by atoms with Crippen LogP contribution in [0.4, 0.5) is 0 Å². The number of hydrogen-bond donors (Lipinski definition) is 2. The Morgan fingerprint density at radius 2 is 1.90 bits per heavy atom. The van der Waals surface area contributed by atoms with Gasteiger partial charge in [0.15, 0.2) is 0 Å². The molecule has 0 saturated carbocycles. The van der Waals surface area contributed by atoms with Gasteiger partial charge < -0.3 is 4.98 Å². The summed E-state index contributed by atoms with van der Waals surface area (Å²) in [5.41, 5.74) is 7.86. The van der Waals surface area contributed by atoms with Crippen molar-refractivity contribution in [3.8, 4) is 0 Å². The van der Waals surface area contributed by atoms with Crippen LogP contribution in [0.1, 0.15) is 22.5 Å². The van der Waals surface area contributed by atoms with Gasteiger partial charge in [-0.2, -0.15) is 5.10 Å². The normalized spacial score (nSPS) is 16.4. The molecule has 4 nitrogen and oxygen atoms in total. The lowest BCUT2D eigenvalue weighted by molar-refractivity contribution is -0.116. The Bertz CT molecular complexity index is 723. The Labute approximate surface area is 117 Å². The van der Waals surface area contributed by atoms with E-state index in [1.807, 2.05) is 50.3 Å². The van der Waals surface area contributed by atoms with Crippen molar-refractivity contribution < 1.29 is 4.79 Å². The Kier molecular flexibility index (Phi) is 2.99. The van der Waals surface area contributed by atoms with Crippen LogP contribution in [0.15, 0.2) is 47.1 Å². The molecule has 2 N–H and O–H groups in total. The van der Waals surface area contributed by atoms with E-state index in [-0.39, 0.29) is 5.91 Å². The van der Waals surface area contributed by atoms with E-state index >= 15 is 0 Å². The van der Waals surface area contributed by atoms with Gasteiger partial charge in [-0.1, -0.05) is 30.3 Å². The highest BCUT2D eigenvalue weighted by Gasteiger charge is 2.24. The number of H-pyrrole nitrogens is 1. The molecule has 0 saturated heterocycles. The van der Waals surface area contributed by atoms with Crippen LogP contribution < -0.4 is 5.43 Å². The zero-order chi connectivity index (χ0) is 14.1. The molecule has 2 heterocycles. The zero-order valence-corrected chi connectivity index (χ0v) is 11.4. The predicted molar refractivity (Wildman–Crippen MR) is 79.4 cm³/mol. The minimum Gasteiger partial charge on any atom is -0.359 e. The lowest BCUT2D eigenvalue weighted by Crippen LogP contribution is -2.13. The lowest BCUT2D eigenvalue weighted by Gasteiger charge is -2.01. The van der Waals surface area contributed by atoms with Gasteiger partial charge >= 0.3 is 0 Å². The lowest BCUT2D eigenvalue weighted by atomic mass is 10.0. The predicted octanol–water partition coefficient (Wildman–Crippen LogP) is 2.55. The molecule has 1 aromatic heterocycles. The maximum atomic E-state index is 12.0. The topological polar surface area (TPSA) is 57.2 Å². The standard InChI is InChI=1S/C16H15N3O/c1-10-8-11(2)17-14(10)9-13-15(18-19-16(13)20)12-6-4-3-5-7-12/h3-9,17H,1-2H3,(H,19,20)/b13-9-. The molecule has 3 rings (SSSR count). The number of aromatic nitrogens is 1. The Morgan fingerprint density at radius 3 is 2.55 bits per heavy atom. The van der Waals surface area contributed by atoms with E-state index in [2.05, 4.69) is 21.6 Å². The van der Waals surface area contributed by atoms with Crippen molar-refractivity contribution in [1.82, 2.24) is 10.4 Å². The molecule has 1 amide bonds. The molecule has 0 radical (unpaired) electrons. The number of nitrogens with one attached hydrogen (secondary N) is 2. The van der Waals surface area contributed by atoms with Gasteiger partial charge in [0.2, 0.25) is 0 Å². The molecule has 4 heteroatoms. The molecule has 0 aliphatic carbocycles. The molecule has 0 fully saturated rings. The summed E-state index contributed by atoms with van der Waals surface area (Å²) in [5.74, 6) is -0.171. The number of carbonyl (C=O) groups is 1. The Hall–Kier alpha value is -2.62. The van der Waals surface area contributed by atoms with Crippen molar-refractivity contribution >= 4 is 17.7 Å². The van der Waals surface area contributed by atoms with Gasteiger partial charge in [-0.15, -0.1) is 0 Å². The Morgan fingerprint density at radius 1 is 1.15 bits per heavy atom. The second-order valence-corrected chi connectivity index (χ2v) is 4.87. The first-order valence-corrected chi connectivity index (χ1v) is 6.47. The van der Waals surface area contributed by atoms with E-state index in [9.17, 15) is 4.79 Å². The fourth-order valence-corrected chi connectivity index (χ4v) is 2.33. The molecule has 1 aromatic carbocycles. The number of aromatic amines is 1. The first-order valence-electron chi connectivity index (χ1n) is 6.47. The van der Waals surface area contributed by atoms with E-state index in [0.717, 1.165) is 22.5 Å². The molecule has 100 valence electrons. The summed E-state index contributed by atoms with van der Waals surface area (Å²) in [6.07, 6.45) is 1.86. The maximum absolute atomic E-state index is 12.0. The number of amides is 1. The van der Waals surface area contributed by atoms with Crippen LogP contribution in [0.5, 0.6) is 0 Å². The minimum atomic E-state index is -0.171. The molecule has 20 heavy (non-hydrogen) atoms. The summed E-state index contributed by atoms with van der Waals surface area (Å²) in [6, 6.07) is 11.7. The molecule has 0 bridgehead atoms. The van der Waals surface area contributed by atoms with Gasteiger partial charge in [0.25, 0.3) is 5.91 Å². The van der Waals surface area contributed by atoms with Crippen LogP contribution in [0.2, 0.25) is 0 Å². The number of rotatable bonds is 2. The van der Waals surface area contributed by atoms with Crippen molar-refractivity contribution in [2.24, 2.45) is 5.10 Å². The summed E-state index contributed by atoms with van der Waals surface area (Å²) in [6.45, 7) is 4.01. The van der Waals surface area contributed by atoms with Gasteiger partial charge in [0, 0.05) is 17.0 Å². The Balaban J connectivity index is 2.05. The van der Waals surface area contributed by atoms with Gasteiger partial charge in [-0.05, 0) is 31.6 Å². The summed E-state index contributed by atoms with van der Waals surface area (Å²) < 4.78 is 0. The molecule has 0 spiro atoms. The number of benzene rings is 1. The monoisotopic (exact) mass is 265 g/mol. The van der Waals surface area contributed by atoms with Crippen molar-refractivity contribution in [3.63, 3.8) is 0 Å². The van der Waals surface area contributed by atoms with E-state index in [1.165, 1.54) is 0 Å². The van der Waals surface area contributed by atoms with Gasteiger partial charge in [0.1, 0.15) is 5.71 Å². The smallest absolute Gasteiger partial charge is 0.273 e. The van der Waals surface area contributed by atoms with Crippen LogP contribution in [0, 0.1) is 13.8 Å². The molecule has 1 aliphatic rings.